The molecule has 4 heterocycles. The largest absolute Gasteiger partial charge is 0.454 e. The maximum atomic E-state index is 12.6. The summed E-state index contributed by atoms with van der Waals surface area (Å²) in [5.41, 5.74) is 0.875. The van der Waals surface area contributed by atoms with E-state index in [1.807, 2.05) is 6.07 Å². The summed E-state index contributed by atoms with van der Waals surface area (Å²) < 4.78 is 17.7. The summed E-state index contributed by atoms with van der Waals surface area (Å²) in [6, 6.07) is 7.09. The average Bonchev–Trinajstić information content (AvgIpc) is 3.44. The van der Waals surface area contributed by atoms with Gasteiger partial charge in [0, 0.05) is 37.1 Å². The van der Waals surface area contributed by atoms with Gasteiger partial charge in [-0.3, -0.25) is 9.36 Å². The Morgan fingerprint density at radius 2 is 1.83 bits per heavy atom. The molecule has 1 aromatic carbocycles. The summed E-state index contributed by atoms with van der Waals surface area (Å²) in [5, 5.41) is 2.81. The molecule has 0 unspecified atom stereocenters. The molecule has 0 saturated carbocycles. The number of nitrogens with one attached hydrogen (secondary N) is 1. The number of amides is 1. The zero-order valence-corrected chi connectivity index (χ0v) is 15.4. The van der Waals surface area contributed by atoms with E-state index in [1.54, 1.807) is 35.3 Å². The predicted molar refractivity (Wildman–Crippen MR) is 103 cm³/mol. The topological polar surface area (TPSA) is 104 Å². The Bertz CT molecular complexity index is 1050. The number of morpholine rings is 1. The van der Waals surface area contributed by atoms with Gasteiger partial charge in [-0.15, -0.1) is 0 Å². The Kier molecular flexibility index (Phi) is 4.45. The van der Waals surface area contributed by atoms with Crippen molar-refractivity contribution in [1.82, 2.24) is 19.5 Å². The fourth-order valence-electron chi connectivity index (χ4n) is 3.18. The van der Waals surface area contributed by atoms with Crippen molar-refractivity contribution in [1.29, 1.82) is 0 Å². The van der Waals surface area contributed by atoms with Gasteiger partial charge in [0.25, 0.3) is 5.91 Å². The maximum absolute atomic E-state index is 12.6. The zero-order chi connectivity index (χ0) is 19.6. The molecule has 148 valence electrons. The highest BCUT2D eigenvalue weighted by Crippen LogP contribution is 2.34. The van der Waals surface area contributed by atoms with Crippen molar-refractivity contribution >= 4 is 17.4 Å². The Morgan fingerprint density at radius 3 is 2.72 bits per heavy atom. The lowest BCUT2D eigenvalue weighted by molar-refractivity contribution is 0.102. The maximum Gasteiger partial charge on any atom is 0.275 e. The quantitative estimate of drug-likeness (QED) is 0.710. The number of aromatic nitrogens is 4. The monoisotopic (exact) mass is 394 g/mol. The van der Waals surface area contributed by atoms with E-state index < -0.39 is 0 Å². The molecular formula is C19H18N6O4. The Hall–Kier alpha value is -3.66. The second-order valence-corrected chi connectivity index (χ2v) is 6.52. The normalized spacial score (nSPS) is 15.4. The highest BCUT2D eigenvalue weighted by atomic mass is 16.7. The van der Waals surface area contributed by atoms with Crippen molar-refractivity contribution in [3.8, 4) is 17.3 Å². The first-order chi connectivity index (χ1) is 14.3. The fraction of sp³-hybridized carbons (Fsp3) is 0.263. The summed E-state index contributed by atoms with van der Waals surface area (Å²) in [4.78, 5) is 27.5. The number of hydrogen-bond acceptors (Lipinski definition) is 8. The minimum atomic E-state index is -0.329. The third kappa shape index (κ3) is 3.57. The SMILES string of the molecule is O=C(Nc1ccc2c(c1)OCO2)c1cn(-c2cc(N3CCOCC3)ncn2)cn1. The van der Waals surface area contributed by atoms with Crippen molar-refractivity contribution in [2.24, 2.45) is 0 Å². The van der Waals surface area contributed by atoms with Crippen molar-refractivity contribution in [3.05, 3.63) is 48.8 Å². The average molecular weight is 394 g/mol. The second-order valence-electron chi connectivity index (χ2n) is 6.52. The lowest BCUT2D eigenvalue weighted by atomic mass is 10.2. The van der Waals surface area contributed by atoms with Gasteiger partial charge in [0.05, 0.1) is 13.2 Å². The van der Waals surface area contributed by atoms with Gasteiger partial charge >= 0.3 is 0 Å². The molecule has 2 aliphatic heterocycles. The number of hydrogen-bond donors (Lipinski definition) is 1. The molecule has 1 saturated heterocycles. The molecule has 5 rings (SSSR count). The number of ether oxygens (including phenoxy) is 3. The van der Waals surface area contributed by atoms with Gasteiger partial charge in [-0.1, -0.05) is 0 Å². The summed E-state index contributed by atoms with van der Waals surface area (Å²) in [6.07, 6.45) is 4.69. The van der Waals surface area contributed by atoms with Crippen LogP contribution in [0.15, 0.2) is 43.1 Å². The predicted octanol–water partition coefficient (Wildman–Crippen LogP) is 1.48. The van der Waals surface area contributed by atoms with Gasteiger partial charge in [-0.05, 0) is 12.1 Å². The fourth-order valence-corrected chi connectivity index (χ4v) is 3.18. The van der Waals surface area contributed by atoms with E-state index in [4.69, 9.17) is 14.2 Å². The molecule has 29 heavy (non-hydrogen) atoms. The number of fused-ring (bicyclic) bond motifs is 1. The van der Waals surface area contributed by atoms with E-state index in [0.717, 1.165) is 18.9 Å². The third-order valence-corrected chi connectivity index (χ3v) is 4.68. The molecular weight excluding hydrogens is 376 g/mol. The number of benzene rings is 1. The van der Waals surface area contributed by atoms with Crippen molar-refractivity contribution in [2.45, 2.75) is 0 Å². The molecule has 3 aromatic rings. The van der Waals surface area contributed by atoms with Crippen LogP contribution in [0.25, 0.3) is 5.82 Å². The Balaban J connectivity index is 1.32. The number of nitrogens with zero attached hydrogens (tertiary/aromatic N) is 5. The molecule has 0 bridgehead atoms. The Labute approximate surface area is 166 Å². The minimum absolute atomic E-state index is 0.183. The van der Waals surface area contributed by atoms with Crippen LogP contribution in [-0.2, 0) is 4.74 Å². The van der Waals surface area contributed by atoms with E-state index in [1.165, 1.54) is 6.33 Å². The van der Waals surface area contributed by atoms with E-state index in [-0.39, 0.29) is 18.4 Å². The van der Waals surface area contributed by atoms with Crippen molar-refractivity contribution < 1.29 is 19.0 Å². The number of rotatable bonds is 4. The number of carbonyl (C=O) groups is 1. The molecule has 0 atom stereocenters. The molecule has 1 N–H and O–H groups in total. The summed E-state index contributed by atoms with van der Waals surface area (Å²) in [5.74, 6) is 2.39. The molecule has 0 radical (unpaired) electrons. The van der Waals surface area contributed by atoms with E-state index in [0.29, 0.717) is 36.2 Å². The van der Waals surface area contributed by atoms with Crippen molar-refractivity contribution in [2.75, 3.05) is 43.3 Å². The lowest BCUT2D eigenvalue weighted by Crippen LogP contribution is -2.36. The molecule has 0 spiro atoms. The molecule has 1 fully saturated rings. The third-order valence-electron chi connectivity index (χ3n) is 4.68. The standard InChI is InChI=1S/C19H18N6O4/c26-19(23-13-1-2-15-16(7-13)29-12-28-15)14-9-25(11-22-14)18-8-17(20-10-21-18)24-3-5-27-6-4-24/h1-2,7-11H,3-6,12H2,(H,23,26). The second kappa shape index (κ2) is 7.40. The van der Waals surface area contributed by atoms with E-state index in [9.17, 15) is 4.79 Å². The van der Waals surface area contributed by atoms with Crippen LogP contribution >= 0.6 is 0 Å². The molecule has 2 aromatic heterocycles. The molecule has 10 heteroatoms. The van der Waals surface area contributed by atoms with Crippen LogP contribution < -0.4 is 19.7 Å². The summed E-state index contributed by atoms with van der Waals surface area (Å²) in [6.45, 7) is 3.10. The highest BCUT2D eigenvalue weighted by molar-refractivity contribution is 6.02. The van der Waals surface area contributed by atoms with Gasteiger partial charge in [-0.25, -0.2) is 15.0 Å². The van der Waals surface area contributed by atoms with Gasteiger partial charge in [0.1, 0.15) is 30.0 Å². The zero-order valence-electron chi connectivity index (χ0n) is 15.4. The van der Waals surface area contributed by atoms with E-state index >= 15 is 0 Å². The van der Waals surface area contributed by atoms with E-state index in [2.05, 4.69) is 25.2 Å². The Morgan fingerprint density at radius 1 is 1.00 bits per heavy atom. The molecule has 1 amide bonds. The van der Waals surface area contributed by atoms with Crippen LogP contribution in [-0.4, -0.2) is 58.5 Å². The lowest BCUT2D eigenvalue weighted by Gasteiger charge is -2.27. The number of imidazole rings is 1. The van der Waals surface area contributed by atoms with Gasteiger partial charge < -0.3 is 24.4 Å². The van der Waals surface area contributed by atoms with Gasteiger partial charge in [-0.2, -0.15) is 0 Å². The molecule has 0 aliphatic carbocycles. The smallest absolute Gasteiger partial charge is 0.275 e. The van der Waals surface area contributed by atoms with Crippen LogP contribution in [0.2, 0.25) is 0 Å². The van der Waals surface area contributed by atoms with Crippen molar-refractivity contribution in [3.63, 3.8) is 0 Å². The number of carbonyl (C=O) groups excluding carboxylic acids is 1. The van der Waals surface area contributed by atoms with Crippen LogP contribution in [0.4, 0.5) is 11.5 Å². The van der Waals surface area contributed by atoms with Crippen LogP contribution in [0.3, 0.4) is 0 Å². The highest BCUT2D eigenvalue weighted by Gasteiger charge is 2.17. The molecule has 10 nitrogen and oxygen atoms in total. The van der Waals surface area contributed by atoms with Crippen LogP contribution in [0, 0.1) is 0 Å². The molecule has 2 aliphatic rings. The summed E-state index contributed by atoms with van der Waals surface area (Å²) in [7, 11) is 0. The minimum Gasteiger partial charge on any atom is -0.454 e. The van der Waals surface area contributed by atoms with Gasteiger partial charge in [0.15, 0.2) is 11.5 Å². The number of anilines is 2. The van der Waals surface area contributed by atoms with Crippen LogP contribution in [0.5, 0.6) is 11.5 Å². The van der Waals surface area contributed by atoms with Crippen LogP contribution in [0.1, 0.15) is 10.5 Å². The first-order valence-electron chi connectivity index (χ1n) is 9.16. The first kappa shape index (κ1) is 17.4. The first-order valence-corrected chi connectivity index (χ1v) is 9.16. The summed E-state index contributed by atoms with van der Waals surface area (Å²) >= 11 is 0. The van der Waals surface area contributed by atoms with Gasteiger partial charge in [0.2, 0.25) is 6.79 Å².